The van der Waals surface area contributed by atoms with Crippen molar-refractivity contribution in [2.45, 2.75) is 63.9 Å². The maximum Gasteiger partial charge on any atom is 0.306 e. The van der Waals surface area contributed by atoms with Crippen LogP contribution in [-0.2, 0) is 19.1 Å². The van der Waals surface area contributed by atoms with Crippen molar-refractivity contribution in [1.29, 1.82) is 0 Å². The predicted molar refractivity (Wildman–Crippen MR) is 95.0 cm³/mol. The highest BCUT2D eigenvalue weighted by atomic mass is 16.6. The second-order valence-electron chi connectivity index (χ2n) is 9.30. The molecule has 4 bridgehead atoms. The van der Waals surface area contributed by atoms with Crippen molar-refractivity contribution < 1.29 is 19.1 Å². The molecule has 0 heterocycles. The van der Waals surface area contributed by atoms with E-state index in [0.717, 1.165) is 38.5 Å². The summed E-state index contributed by atoms with van der Waals surface area (Å²) in [4.78, 5) is 37.9. The van der Waals surface area contributed by atoms with Crippen LogP contribution in [0.1, 0.15) is 58.3 Å². The zero-order chi connectivity index (χ0) is 18.1. The van der Waals surface area contributed by atoms with Gasteiger partial charge in [0.05, 0.1) is 0 Å². The van der Waals surface area contributed by atoms with Gasteiger partial charge in [0.1, 0.15) is 17.2 Å². The van der Waals surface area contributed by atoms with Crippen molar-refractivity contribution in [1.82, 2.24) is 0 Å². The fraction of sp³-hybridized carbons (Fsp3) is 0.773. The molecule has 0 aromatic rings. The van der Waals surface area contributed by atoms with Gasteiger partial charge in [-0.05, 0) is 56.3 Å². The first-order valence-electron chi connectivity index (χ1n) is 10.5. The minimum absolute atomic E-state index is 0.00140. The summed E-state index contributed by atoms with van der Waals surface area (Å²) >= 11 is 0. The average molecular weight is 356 g/mol. The Morgan fingerprint density at radius 3 is 2.46 bits per heavy atom. The number of Topliss-reactive ketones (excluding diaryl/α,β-unsaturated/α-hetero) is 2. The van der Waals surface area contributed by atoms with Gasteiger partial charge in [-0.1, -0.05) is 25.5 Å². The minimum atomic E-state index is -0.273. The van der Waals surface area contributed by atoms with E-state index in [9.17, 15) is 14.4 Å². The fourth-order valence-electron chi connectivity index (χ4n) is 7.10. The molecule has 4 fully saturated rings. The molecule has 26 heavy (non-hydrogen) atoms. The quantitative estimate of drug-likeness (QED) is 0.439. The summed E-state index contributed by atoms with van der Waals surface area (Å²) in [6.45, 7) is 2.11. The highest BCUT2D eigenvalue weighted by molar-refractivity contribution is 5.99. The standard InChI is InChI=1S/C22H28O4/c1-2-22(8-4-3-5-9-22)26-16(23)11-12-10-15-18-13-6-7-14(20(13)24)19(18)17(12)21(15)25/h6-7,12-15,17-19H,2-5,8-11H2,1H3. The van der Waals surface area contributed by atoms with E-state index >= 15 is 0 Å². The minimum Gasteiger partial charge on any atom is -0.459 e. The highest BCUT2D eigenvalue weighted by Crippen LogP contribution is 2.64. The van der Waals surface area contributed by atoms with E-state index in [4.69, 9.17) is 4.74 Å². The Labute approximate surface area is 154 Å². The van der Waals surface area contributed by atoms with Gasteiger partial charge in [-0.15, -0.1) is 0 Å². The Kier molecular flexibility index (Phi) is 3.71. The van der Waals surface area contributed by atoms with Crippen LogP contribution in [0, 0.1) is 41.4 Å². The van der Waals surface area contributed by atoms with Gasteiger partial charge in [-0.25, -0.2) is 0 Å². The van der Waals surface area contributed by atoms with Crippen molar-refractivity contribution in [3.8, 4) is 0 Å². The Hall–Kier alpha value is -1.45. The van der Waals surface area contributed by atoms with Crippen LogP contribution in [0.25, 0.3) is 0 Å². The summed E-state index contributed by atoms with van der Waals surface area (Å²) in [5, 5.41) is 0. The Bertz CT molecular complexity index is 686. The molecule has 0 aromatic heterocycles. The van der Waals surface area contributed by atoms with Crippen LogP contribution in [0.2, 0.25) is 0 Å². The second-order valence-corrected chi connectivity index (χ2v) is 9.30. The van der Waals surface area contributed by atoms with Gasteiger partial charge in [-0.2, -0.15) is 0 Å². The lowest BCUT2D eigenvalue weighted by Crippen LogP contribution is -2.38. The molecule has 4 nitrogen and oxygen atoms in total. The number of esters is 1. The van der Waals surface area contributed by atoms with E-state index in [1.807, 2.05) is 12.2 Å². The van der Waals surface area contributed by atoms with Crippen molar-refractivity contribution in [2.24, 2.45) is 41.4 Å². The van der Waals surface area contributed by atoms with Crippen molar-refractivity contribution in [3.05, 3.63) is 12.2 Å². The second kappa shape index (κ2) is 5.77. The van der Waals surface area contributed by atoms with Gasteiger partial charge >= 0.3 is 5.97 Å². The largest absolute Gasteiger partial charge is 0.459 e. The molecule has 0 spiro atoms. The van der Waals surface area contributed by atoms with Crippen molar-refractivity contribution in [2.75, 3.05) is 0 Å². The zero-order valence-electron chi connectivity index (χ0n) is 15.5. The molecule has 5 aliphatic carbocycles. The first-order chi connectivity index (χ1) is 12.5. The summed E-state index contributed by atoms with van der Waals surface area (Å²) in [6.07, 6.45) is 11.5. The van der Waals surface area contributed by atoms with Crippen LogP contribution < -0.4 is 0 Å². The van der Waals surface area contributed by atoms with Crippen LogP contribution >= 0.6 is 0 Å². The molecule has 0 aliphatic heterocycles. The van der Waals surface area contributed by atoms with E-state index in [1.165, 1.54) is 6.42 Å². The molecule has 0 saturated heterocycles. The summed E-state index contributed by atoms with van der Waals surface area (Å²) < 4.78 is 6.00. The Balaban J connectivity index is 1.29. The lowest BCUT2D eigenvalue weighted by molar-refractivity contribution is -0.165. The lowest BCUT2D eigenvalue weighted by atomic mass is 9.68. The summed E-state index contributed by atoms with van der Waals surface area (Å²) in [7, 11) is 0. The number of hydrogen-bond acceptors (Lipinski definition) is 4. The number of fused-ring (bicyclic) bond motifs is 9. The molecule has 0 radical (unpaired) electrons. The summed E-state index contributed by atoms with van der Waals surface area (Å²) in [5.41, 5.74) is -0.273. The van der Waals surface area contributed by atoms with Gasteiger partial charge < -0.3 is 4.74 Å². The Morgan fingerprint density at radius 2 is 1.77 bits per heavy atom. The molecule has 4 saturated carbocycles. The monoisotopic (exact) mass is 356 g/mol. The van der Waals surface area contributed by atoms with Gasteiger partial charge in [0.25, 0.3) is 0 Å². The topological polar surface area (TPSA) is 60.4 Å². The molecule has 0 amide bonds. The van der Waals surface area contributed by atoms with E-state index in [2.05, 4.69) is 6.92 Å². The van der Waals surface area contributed by atoms with E-state index in [1.54, 1.807) is 0 Å². The fourth-order valence-corrected chi connectivity index (χ4v) is 7.10. The third kappa shape index (κ3) is 2.16. The third-order valence-corrected chi connectivity index (χ3v) is 8.26. The number of rotatable bonds is 4. The SMILES string of the molecule is CCC1(OC(=O)CC2CC3C(=O)C2C2C4C=CC(C4=O)C32)CCCCC1. The number of ether oxygens (including phenoxy) is 1. The Morgan fingerprint density at radius 1 is 1.08 bits per heavy atom. The van der Waals surface area contributed by atoms with Crippen LogP contribution in [-0.4, -0.2) is 23.1 Å². The van der Waals surface area contributed by atoms with Gasteiger partial charge in [0.15, 0.2) is 0 Å². The molecule has 0 aromatic carbocycles. The maximum atomic E-state index is 12.8. The summed E-state index contributed by atoms with van der Waals surface area (Å²) in [6, 6.07) is 0. The average Bonchev–Trinajstić information content (AvgIpc) is 3.32. The molecule has 5 aliphatic rings. The lowest BCUT2D eigenvalue weighted by Gasteiger charge is -2.37. The van der Waals surface area contributed by atoms with Crippen LogP contribution in [0.15, 0.2) is 12.2 Å². The normalized spacial score (nSPS) is 44.6. The number of carbonyl (C=O) groups is 3. The smallest absolute Gasteiger partial charge is 0.306 e. The van der Waals surface area contributed by atoms with E-state index < -0.39 is 0 Å². The number of ketones is 2. The number of allylic oxidation sites excluding steroid dienone is 2. The van der Waals surface area contributed by atoms with Gasteiger partial charge in [0, 0.05) is 30.1 Å². The molecule has 140 valence electrons. The molecule has 4 heteroatoms. The first-order valence-corrected chi connectivity index (χ1v) is 10.5. The molecule has 5 rings (SSSR count). The van der Waals surface area contributed by atoms with E-state index in [-0.39, 0.29) is 53.0 Å². The van der Waals surface area contributed by atoms with Crippen LogP contribution in [0.5, 0.6) is 0 Å². The predicted octanol–water partition coefficient (Wildman–Crippen LogP) is 3.48. The van der Waals surface area contributed by atoms with Crippen LogP contribution in [0.3, 0.4) is 0 Å². The third-order valence-electron chi connectivity index (χ3n) is 8.26. The maximum absolute atomic E-state index is 12.8. The van der Waals surface area contributed by atoms with Gasteiger partial charge in [0.2, 0.25) is 0 Å². The molecule has 7 atom stereocenters. The summed E-state index contributed by atoms with van der Waals surface area (Å²) in [5.74, 6) is 0.807. The zero-order valence-corrected chi connectivity index (χ0v) is 15.5. The van der Waals surface area contributed by atoms with Gasteiger partial charge in [-0.3, -0.25) is 14.4 Å². The highest BCUT2D eigenvalue weighted by Gasteiger charge is 2.68. The molecule has 7 unspecified atom stereocenters. The van der Waals surface area contributed by atoms with Crippen LogP contribution in [0.4, 0.5) is 0 Å². The van der Waals surface area contributed by atoms with E-state index in [0.29, 0.717) is 18.0 Å². The number of hydrogen-bond donors (Lipinski definition) is 0. The van der Waals surface area contributed by atoms with Crippen molar-refractivity contribution in [3.63, 3.8) is 0 Å². The molecular weight excluding hydrogens is 328 g/mol. The molecule has 0 N–H and O–H groups in total. The molecular formula is C22H28O4. The van der Waals surface area contributed by atoms with Crippen molar-refractivity contribution >= 4 is 17.5 Å². The first kappa shape index (κ1) is 16.7. The number of carbonyl (C=O) groups excluding carboxylic acids is 3.